The fourth-order valence-electron chi connectivity index (χ4n) is 1.40. The van der Waals surface area contributed by atoms with E-state index in [1.54, 1.807) is 11.3 Å². The maximum atomic E-state index is 5.78. The van der Waals surface area contributed by atoms with Gasteiger partial charge in [-0.2, -0.15) is 0 Å². The minimum Gasteiger partial charge on any atom is -0.322 e. The third-order valence-electron chi connectivity index (χ3n) is 2.12. The Kier molecular flexibility index (Phi) is 5.38. The van der Waals surface area contributed by atoms with Gasteiger partial charge in [0.05, 0.1) is 11.7 Å². The average molecular weight is 237 g/mol. The van der Waals surface area contributed by atoms with Crippen LogP contribution < -0.4 is 5.73 Å². The number of nitrogens with zero attached hydrogens (tertiary/aromatic N) is 2. The van der Waals surface area contributed by atoms with E-state index in [1.165, 1.54) is 0 Å². The second kappa shape index (κ2) is 6.58. The minimum absolute atomic E-state index is 0.0195. The van der Waals surface area contributed by atoms with Crippen molar-refractivity contribution in [2.75, 3.05) is 13.1 Å². The molecule has 1 atom stereocenters. The minimum atomic E-state index is 0.0195. The fraction of sp³-hybridized carbons (Fsp3) is 0.417. The zero-order valence-corrected chi connectivity index (χ0v) is 10.5. The zero-order chi connectivity index (χ0) is 12.0. The molecule has 0 saturated heterocycles. The van der Waals surface area contributed by atoms with Crippen LogP contribution in [0, 0.1) is 0 Å². The molecule has 1 heterocycles. The third-order valence-corrected chi connectivity index (χ3v) is 3.21. The average Bonchev–Trinajstić information content (AvgIpc) is 2.67. The van der Waals surface area contributed by atoms with Crippen LogP contribution in [0.25, 0.3) is 0 Å². The van der Waals surface area contributed by atoms with Gasteiger partial charge in [-0.1, -0.05) is 12.2 Å². The fourth-order valence-corrected chi connectivity index (χ4v) is 2.17. The van der Waals surface area contributed by atoms with Gasteiger partial charge in [-0.15, -0.1) is 24.5 Å². The molecule has 1 rings (SSSR count). The molecule has 0 amide bonds. The van der Waals surface area contributed by atoms with Crippen LogP contribution in [-0.4, -0.2) is 23.0 Å². The largest absolute Gasteiger partial charge is 0.322 e. The van der Waals surface area contributed by atoms with E-state index in [9.17, 15) is 0 Å². The van der Waals surface area contributed by atoms with Gasteiger partial charge in [0.2, 0.25) is 0 Å². The molecule has 0 bridgehead atoms. The summed E-state index contributed by atoms with van der Waals surface area (Å²) in [5, 5.41) is 3.06. The Labute approximate surface area is 101 Å². The summed E-state index contributed by atoms with van der Waals surface area (Å²) in [5.74, 6) is 0. The van der Waals surface area contributed by atoms with Crippen molar-refractivity contribution in [2.45, 2.75) is 19.5 Å². The van der Waals surface area contributed by atoms with E-state index in [1.807, 2.05) is 19.1 Å². The van der Waals surface area contributed by atoms with Crippen LogP contribution in [0.2, 0.25) is 0 Å². The SMILES string of the molecule is C=CCN(CC=C)Cc1csc(C(C)N)n1. The maximum absolute atomic E-state index is 5.78. The lowest BCUT2D eigenvalue weighted by Crippen LogP contribution is -2.23. The summed E-state index contributed by atoms with van der Waals surface area (Å²) in [6.07, 6.45) is 3.78. The lowest BCUT2D eigenvalue weighted by Gasteiger charge is -2.16. The first-order chi connectivity index (χ1) is 7.67. The van der Waals surface area contributed by atoms with Crippen LogP contribution >= 0.6 is 11.3 Å². The molecule has 0 aliphatic rings. The van der Waals surface area contributed by atoms with Gasteiger partial charge in [0, 0.05) is 25.0 Å². The van der Waals surface area contributed by atoms with Crippen LogP contribution in [-0.2, 0) is 6.54 Å². The predicted molar refractivity (Wildman–Crippen MR) is 70.4 cm³/mol. The highest BCUT2D eigenvalue weighted by atomic mass is 32.1. The molecule has 1 aromatic rings. The number of thiazole rings is 1. The van der Waals surface area contributed by atoms with Crippen molar-refractivity contribution in [1.29, 1.82) is 0 Å². The monoisotopic (exact) mass is 237 g/mol. The van der Waals surface area contributed by atoms with E-state index in [-0.39, 0.29) is 6.04 Å². The quantitative estimate of drug-likeness (QED) is 0.740. The molecule has 0 saturated carbocycles. The lowest BCUT2D eigenvalue weighted by atomic mass is 10.3. The van der Waals surface area contributed by atoms with E-state index in [2.05, 4.69) is 28.4 Å². The smallest absolute Gasteiger partial charge is 0.109 e. The van der Waals surface area contributed by atoms with Gasteiger partial charge >= 0.3 is 0 Å². The molecule has 16 heavy (non-hydrogen) atoms. The Bertz CT molecular complexity index is 334. The van der Waals surface area contributed by atoms with Crippen LogP contribution in [0.5, 0.6) is 0 Å². The highest BCUT2D eigenvalue weighted by Gasteiger charge is 2.08. The summed E-state index contributed by atoms with van der Waals surface area (Å²) in [6, 6.07) is 0.0195. The summed E-state index contributed by atoms with van der Waals surface area (Å²) >= 11 is 1.62. The second-order valence-electron chi connectivity index (χ2n) is 3.74. The summed E-state index contributed by atoms with van der Waals surface area (Å²) in [5.41, 5.74) is 6.85. The molecule has 0 aromatic carbocycles. The molecular formula is C12H19N3S. The first-order valence-corrected chi connectivity index (χ1v) is 6.19. The number of nitrogens with two attached hydrogens (primary N) is 1. The highest BCUT2D eigenvalue weighted by Crippen LogP contribution is 2.16. The Balaban J connectivity index is 2.61. The second-order valence-corrected chi connectivity index (χ2v) is 4.63. The number of aromatic nitrogens is 1. The van der Waals surface area contributed by atoms with Crippen molar-refractivity contribution in [3.63, 3.8) is 0 Å². The van der Waals surface area contributed by atoms with Gasteiger partial charge in [-0.3, -0.25) is 4.90 Å². The number of rotatable bonds is 7. The maximum Gasteiger partial charge on any atom is 0.109 e. The van der Waals surface area contributed by atoms with Crippen LogP contribution in [0.1, 0.15) is 23.7 Å². The van der Waals surface area contributed by atoms with Gasteiger partial charge in [-0.25, -0.2) is 4.98 Å². The van der Waals surface area contributed by atoms with Gasteiger partial charge in [0.15, 0.2) is 0 Å². The van der Waals surface area contributed by atoms with E-state index in [0.717, 1.165) is 30.3 Å². The first kappa shape index (κ1) is 13.1. The van der Waals surface area contributed by atoms with Crippen molar-refractivity contribution >= 4 is 11.3 Å². The molecule has 1 unspecified atom stereocenters. The molecule has 2 N–H and O–H groups in total. The van der Waals surface area contributed by atoms with Gasteiger partial charge in [0.1, 0.15) is 5.01 Å². The molecule has 3 nitrogen and oxygen atoms in total. The molecular weight excluding hydrogens is 218 g/mol. The first-order valence-electron chi connectivity index (χ1n) is 5.31. The molecule has 0 fully saturated rings. The third kappa shape index (κ3) is 3.89. The molecule has 4 heteroatoms. The van der Waals surface area contributed by atoms with Crippen LogP contribution in [0.4, 0.5) is 0 Å². The molecule has 0 aliphatic carbocycles. The van der Waals surface area contributed by atoms with E-state index < -0.39 is 0 Å². The lowest BCUT2D eigenvalue weighted by molar-refractivity contribution is 0.324. The van der Waals surface area contributed by atoms with Gasteiger partial charge in [-0.05, 0) is 6.92 Å². The van der Waals surface area contributed by atoms with Crippen molar-refractivity contribution in [3.8, 4) is 0 Å². The Morgan fingerprint density at radius 2 is 2.12 bits per heavy atom. The van der Waals surface area contributed by atoms with E-state index in [0.29, 0.717) is 0 Å². The number of hydrogen-bond donors (Lipinski definition) is 1. The summed E-state index contributed by atoms with van der Waals surface area (Å²) < 4.78 is 0. The van der Waals surface area contributed by atoms with Crippen molar-refractivity contribution < 1.29 is 0 Å². The standard InChI is InChI=1S/C12H19N3S/c1-4-6-15(7-5-2)8-11-9-16-12(14-11)10(3)13/h4-5,9-10H,1-2,6-8,13H2,3H3. The van der Waals surface area contributed by atoms with Crippen molar-refractivity contribution in [2.24, 2.45) is 5.73 Å². The van der Waals surface area contributed by atoms with Gasteiger partial charge in [0.25, 0.3) is 0 Å². The topological polar surface area (TPSA) is 42.1 Å². The predicted octanol–water partition coefficient (Wildman–Crippen LogP) is 2.34. The molecule has 0 aliphatic heterocycles. The molecule has 88 valence electrons. The van der Waals surface area contributed by atoms with E-state index in [4.69, 9.17) is 5.73 Å². The summed E-state index contributed by atoms with van der Waals surface area (Å²) in [4.78, 5) is 6.72. The Morgan fingerprint density at radius 1 is 1.50 bits per heavy atom. The molecule has 0 spiro atoms. The van der Waals surface area contributed by atoms with Crippen LogP contribution in [0.15, 0.2) is 30.7 Å². The normalized spacial score (nSPS) is 12.7. The summed E-state index contributed by atoms with van der Waals surface area (Å²) in [7, 11) is 0. The zero-order valence-electron chi connectivity index (χ0n) is 9.72. The van der Waals surface area contributed by atoms with Gasteiger partial charge < -0.3 is 5.73 Å². The molecule has 0 radical (unpaired) electrons. The van der Waals surface area contributed by atoms with Crippen LogP contribution in [0.3, 0.4) is 0 Å². The summed E-state index contributed by atoms with van der Waals surface area (Å²) in [6.45, 7) is 11.9. The van der Waals surface area contributed by atoms with Crippen molar-refractivity contribution in [1.82, 2.24) is 9.88 Å². The van der Waals surface area contributed by atoms with E-state index >= 15 is 0 Å². The Hall–Kier alpha value is -0.970. The molecule has 1 aromatic heterocycles. The number of hydrogen-bond acceptors (Lipinski definition) is 4. The Morgan fingerprint density at radius 3 is 2.56 bits per heavy atom. The van der Waals surface area contributed by atoms with Crippen molar-refractivity contribution in [3.05, 3.63) is 41.4 Å². The highest BCUT2D eigenvalue weighted by molar-refractivity contribution is 7.09.